The highest BCUT2D eigenvalue weighted by Gasteiger charge is 2.12. The molecule has 3 nitrogen and oxygen atoms in total. The Balaban J connectivity index is 2.21. The molecule has 1 N–H and O–H groups in total. The maximum Gasteiger partial charge on any atom is 0.267 e. The number of thiazole rings is 1. The Morgan fingerprint density at radius 2 is 1.94 bits per heavy atom. The number of anilines is 1. The van der Waals surface area contributed by atoms with Crippen LogP contribution in [0.25, 0.3) is 0 Å². The Morgan fingerprint density at radius 3 is 2.47 bits per heavy atom. The van der Waals surface area contributed by atoms with Gasteiger partial charge in [0.05, 0.1) is 11.2 Å². The summed E-state index contributed by atoms with van der Waals surface area (Å²) >= 11 is 13.0. The van der Waals surface area contributed by atoms with Gasteiger partial charge in [0, 0.05) is 15.7 Å². The topological polar surface area (TPSA) is 42.0 Å². The van der Waals surface area contributed by atoms with Crippen LogP contribution in [0.1, 0.15) is 15.4 Å². The van der Waals surface area contributed by atoms with E-state index in [9.17, 15) is 4.79 Å². The maximum atomic E-state index is 11.9. The minimum atomic E-state index is -0.205. The molecular formula is C11H8Cl2N2OS. The minimum absolute atomic E-state index is 0.205. The molecule has 0 aliphatic heterocycles. The largest absolute Gasteiger partial charge is 0.321 e. The van der Waals surface area contributed by atoms with E-state index in [2.05, 4.69) is 10.3 Å². The second kappa shape index (κ2) is 5.04. The highest BCUT2D eigenvalue weighted by molar-refractivity contribution is 7.12. The lowest BCUT2D eigenvalue weighted by atomic mass is 10.3. The van der Waals surface area contributed by atoms with Crippen LogP contribution in [0.15, 0.2) is 23.7 Å². The van der Waals surface area contributed by atoms with Gasteiger partial charge in [0.25, 0.3) is 5.91 Å². The van der Waals surface area contributed by atoms with Gasteiger partial charge in [-0.15, -0.1) is 11.3 Å². The number of nitrogens with one attached hydrogen (secondary N) is 1. The average Bonchev–Trinajstić information content (AvgIpc) is 2.62. The molecule has 0 spiro atoms. The first-order valence-corrected chi connectivity index (χ1v) is 6.37. The predicted molar refractivity (Wildman–Crippen MR) is 71.3 cm³/mol. The third-order valence-corrected chi connectivity index (χ3v) is 3.44. The van der Waals surface area contributed by atoms with Crippen molar-refractivity contribution < 1.29 is 4.79 Å². The molecule has 0 aliphatic carbocycles. The normalized spacial score (nSPS) is 10.3. The van der Waals surface area contributed by atoms with Crippen LogP contribution < -0.4 is 5.32 Å². The van der Waals surface area contributed by atoms with Gasteiger partial charge in [0.2, 0.25) is 0 Å². The smallest absolute Gasteiger partial charge is 0.267 e. The van der Waals surface area contributed by atoms with Crippen LogP contribution in [0.2, 0.25) is 10.0 Å². The lowest BCUT2D eigenvalue weighted by molar-refractivity contribution is 0.103. The van der Waals surface area contributed by atoms with E-state index < -0.39 is 0 Å². The molecule has 0 saturated heterocycles. The number of rotatable bonds is 2. The minimum Gasteiger partial charge on any atom is -0.321 e. The summed E-state index contributed by atoms with van der Waals surface area (Å²) in [5.41, 5.74) is 2.91. The number of hydrogen-bond donors (Lipinski definition) is 1. The van der Waals surface area contributed by atoms with Crippen molar-refractivity contribution in [1.82, 2.24) is 4.98 Å². The first kappa shape index (κ1) is 12.4. The Kier molecular flexibility index (Phi) is 3.66. The van der Waals surface area contributed by atoms with Crippen molar-refractivity contribution in [3.05, 3.63) is 44.3 Å². The number of aromatic nitrogens is 1. The molecule has 0 aliphatic rings. The Bertz CT molecular complexity index is 548. The Morgan fingerprint density at radius 1 is 1.29 bits per heavy atom. The van der Waals surface area contributed by atoms with Gasteiger partial charge in [0.1, 0.15) is 4.88 Å². The summed E-state index contributed by atoms with van der Waals surface area (Å²) in [6.07, 6.45) is 0. The number of amides is 1. The summed E-state index contributed by atoms with van der Waals surface area (Å²) < 4.78 is 0. The zero-order valence-corrected chi connectivity index (χ0v) is 11.2. The summed E-state index contributed by atoms with van der Waals surface area (Å²) in [5.74, 6) is -0.205. The van der Waals surface area contributed by atoms with Gasteiger partial charge in [-0.3, -0.25) is 4.79 Å². The average molecular weight is 287 g/mol. The molecule has 1 heterocycles. The molecule has 1 amide bonds. The fraction of sp³-hybridized carbons (Fsp3) is 0.0909. The Hall–Kier alpha value is -1.10. The van der Waals surface area contributed by atoms with Crippen LogP contribution in [0.4, 0.5) is 5.69 Å². The van der Waals surface area contributed by atoms with Gasteiger partial charge < -0.3 is 5.32 Å². The third-order valence-electron chi connectivity index (χ3n) is 2.07. The van der Waals surface area contributed by atoms with Crippen LogP contribution in [-0.2, 0) is 0 Å². The molecule has 0 saturated carbocycles. The fourth-order valence-corrected chi connectivity index (χ4v) is 2.56. The van der Waals surface area contributed by atoms with Crippen LogP contribution in [0, 0.1) is 6.92 Å². The zero-order chi connectivity index (χ0) is 12.4. The summed E-state index contributed by atoms with van der Waals surface area (Å²) in [6.45, 7) is 1.79. The predicted octanol–water partition coefficient (Wildman–Crippen LogP) is 4.01. The molecule has 17 heavy (non-hydrogen) atoms. The van der Waals surface area contributed by atoms with Crippen molar-refractivity contribution in [3.63, 3.8) is 0 Å². The van der Waals surface area contributed by atoms with Crippen molar-refractivity contribution in [2.24, 2.45) is 0 Å². The van der Waals surface area contributed by atoms with E-state index in [1.807, 2.05) is 0 Å². The van der Waals surface area contributed by atoms with Crippen LogP contribution in [-0.4, -0.2) is 10.9 Å². The highest BCUT2D eigenvalue weighted by atomic mass is 35.5. The number of nitrogens with zero attached hydrogens (tertiary/aromatic N) is 1. The highest BCUT2D eigenvalue weighted by Crippen LogP contribution is 2.23. The van der Waals surface area contributed by atoms with Gasteiger partial charge in [-0.05, 0) is 25.1 Å². The molecule has 0 radical (unpaired) electrons. The quantitative estimate of drug-likeness (QED) is 0.906. The lowest BCUT2D eigenvalue weighted by Crippen LogP contribution is -2.11. The van der Waals surface area contributed by atoms with Crippen LogP contribution in [0.5, 0.6) is 0 Å². The maximum absolute atomic E-state index is 11.9. The van der Waals surface area contributed by atoms with Crippen molar-refractivity contribution >= 4 is 46.1 Å². The molecule has 6 heteroatoms. The molecular weight excluding hydrogens is 279 g/mol. The van der Waals surface area contributed by atoms with Gasteiger partial charge in [-0.2, -0.15) is 0 Å². The molecule has 0 bridgehead atoms. The standard InChI is InChI=1S/C11H8Cl2N2OS/c1-6-10(17-5-14-6)11(16)15-9-3-7(12)2-8(13)4-9/h2-5H,1H3,(H,15,16). The van der Waals surface area contributed by atoms with E-state index in [0.717, 1.165) is 0 Å². The number of hydrogen-bond acceptors (Lipinski definition) is 3. The lowest BCUT2D eigenvalue weighted by Gasteiger charge is -2.05. The first-order chi connectivity index (χ1) is 8.06. The molecule has 2 rings (SSSR count). The fourth-order valence-electron chi connectivity index (χ4n) is 1.33. The van der Waals surface area contributed by atoms with Crippen LogP contribution >= 0.6 is 34.5 Å². The van der Waals surface area contributed by atoms with Gasteiger partial charge >= 0.3 is 0 Å². The summed E-state index contributed by atoms with van der Waals surface area (Å²) in [4.78, 5) is 16.5. The Labute approximate surface area is 112 Å². The summed E-state index contributed by atoms with van der Waals surface area (Å²) in [6, 6.07) is 4.89. The van der Waals surface area contributed by atoms with Crippen molar-refractivity contribution in [3.8, 4) is 0 Å². The van der Waals surface area contributed by atoms with E-state index in [0.29, 0.717) is 26.3 Å². The monoisotopic (exact) mass is 286 g/mol. The van der Waals surface area contributed by atoms with E-state index in [4.69, 9.17) is 23.2 Å². The number of carbonyl (C=O) groups excluding carboxylic acids is 1. The molecule has 0 unspecified atom stereocenters. The van der Waals surface area contributed by atoms with Crippen molar-refractivity contribution in [1.29, 1.82) is 0 Å². The molecule has 88 valence electrons. The molecule has 2 aromatic rings. The van der Waals surface area contributed by atoms with E-state index in [-0.39, 0.29) is 5.91 Å². The molecule has 1 aromatic carbocycles. The summed E-state index contributed by atoms with van der Waals surface area (Å²) in [7, 11) is 0. The van der Waals surface area contributed by atoms with E-state index in [1.165, 1.54) is 11.3 Å². The third kappa shape index (κ3) is 2.97. The molecule has 0 fully saturated rings. The second-order valence-corrected chi connectivity index (χ2v) is 5.11. The number of aryl methyl sites for hydroxylation is 1. The molecule has 0 atom stereocenters. The van der Waals surface area contributed by atoms with Gasteiger partial charge in [-0.1, -0.05) is 23.2 Å². The summed E-state index contributed by atoms with van der Waals surface area (Å²) in [5, 5.41) is 3.69. The van der Waals surface area contributed by atoms with Gasteiger partial charge in [0.15, 0.2) is 0 Å². The number of halogens is 2. The van der Waals surface area contributed by atoms with Crippen molar-refractivity contribution in [2.45, 2.75) is 6.92 Å². The number of carbonyl (C=O) groups is 1. The number of benzene rings is 1. The van der Waals surface area contributed by atoms with Crippen LogP contribution in [0.3, 0.4) is 0 Å². The van der Waals surface area contributed by atoms with E-state index >= 15 is 0 Å². The second-order valence-electron chi connectivity index (χ2n) is 3.38. The van der Waals surface area contributed by atoms with E-state index in [1.54, 1.807) is 30.6 Å². The first-order valence-electron chi connectivity index (χ1n) is 4.74. The SMILES string of the molecule is Cc1ncsc1C(=O)Nc1cc(Cl)cc(Cl)c1. The molecule has 1 aromatic heterocycles. The zero-order valence-electron chi connectivity index (χ0n) is 8.83. The van der Waals surface area contributed by atoms with Crippen molar-refractivity contribution in [2.75, 3.05) is 5.32 Å². The van der Waals surface area contributed by atoms with Gasteiger partial charge in [-0.25, -0.2) is 4.98 Å².